The van der Waals surface area contributed by atoms with Crippen molar-refractivity contribution in [1.82, 2.24) is 10.5 Å². The van der Waals surface area contributed by atoms with E-state index in [1.165, 1.54) is 0 Å². The van der Waals surface area contributed by atoms with Crippen molar-refractivity contribution >= 4 is 11.9 Å². The molecule has 6 heteroatoms. The number of carbonyl (C=O) groups excluding carboxylic acids is 1. The third kappa shape index (κ3) is 5.57. The van der Waals surface area contributed by atoms with Crippen LogP contribution in [-0.4, -0.2) is 28.7 Å². The molecule has 0 aromatic carbocycles. The van der Waals surface area contributed by atoms with Crippen LogP contribution in [0.4, 0.5) is 0 Å². The molecule has 0 radical (unpaired) electrons. The number of rotatable bonds is 8. The van der Waals surface area contributed by atoms with Gasteiger partial charge in [-0.25, -0.2) is 0 Å². The van der Waals surface area contributed by atoms with E-state index in [-0.39, 0.29) is 18.4 Å². The predicted molar refractivity (Wildman–Crippen MR) is 77.9 cm³/mol. The lowest BCUT2D eigenvalue weighted by Gasteiger charge is -2.15. The van der Waals surface area contributed by atoms with Crippen LogP contribution < -0.4 is 5.32 Å². The normalized spacial score (nSPS) is 12.4. The number of amides is 1. The van der Waals surface area contributed by atoms with Gasteiger partial charge in [-0.2, -0.15) is 0 Å². The van der Waals surface area contributed by atoms with Gasteiger partial charge >= 0.3 is 5.97 Å². The zero-order chi connectivity index (χ0) is 16.0. The van der Waals surface area contributed by atoms with Crippen molar-refractivity contribution < 1.29 is 19.2 Å². The third-order valence-corrected chi connectivity index (χ3v) is 3.43. The van der Waals surface area contributed by atoms with Gasteiger partial charge in [0, 0.05) is 18.5 Å². The highest BCUT2D eigenvalue weighted by atomic mass is 16.5. The summed E-state index contributed by atoms with van der Waals surface area (Å²) in [7, 11) is 0. The Labute approximate surface area is 124 Å². The Hall–Kier alpha value is -1.85. The van der Waals surface area contributed by atoms with E-state index in [0.29, 0.717) is 19.3 Å². The van der Waals surface area contributed by atoms with Gasteiger partial charge in [0.05, 0.1) is 11.6 Å². The molecule has 6 nitrogen and oxygen atoms in total. The molecule has 0 spiro atoms. The minimum Gasteiger partial charge on any atom is -0.481 e. The maximum absolute atomic E-state index is 11.8. The van der Waals surface area contributed by atoms with Gasteiger partial charge < -0.3 is 14.9 Å². The molecule has 1 aromatic heterocycles. The van der Waals surface area contributed by atoms with Gasteiger partial charge in [0.25, 0.3) is 0 Å². The lowest BCUT2D eigenvalue weighted by Crippen LogP contribution is -2.33. The van der Waals surface area contributed by atoms with Crippen molar-refractivity contribution in [3.8, 4) is 0 Å². The summed E-state index contributed by atoms with van der Waals surface area (Å²) in [4.78, 5) is 22.9. The Morgan fingerprint density at radius 1 is 1.33 bits per heavy atom. The summed E-state index contributed by atoms with van der Waals surface area (Å²) in [5.41, 5.74) is 1.74. The summed E-state index contributed by atoms with van der Waals surface area (Å²) in [6.07, 6.45) is 1.41. The van der Waals surface area contributed by atoms with Crippen LogP contribution in [0.5, 0.6) is 0 Å². The minimum atomic E-state index is -0.866. The molecule has 0 saturated carbocycles. The van der Waals surface area contributed by atoms with Gasteiger partial charge in [0.1, 0.15) is 5.76 Å². The third-order valence-electron chi connectivity index (χ3n) is 3.43. The Bertz CT molecular complexity index is 474. The van der Waals surface area contributed by atoms with E-state index in [2.05, 4.69) is 10.5 Å². The Morgan fingerprint density at radius 3 is 2.48 bits per heavy atom. The summed E-state index contributed by atoms with van der Waals surface area (Å²) in [5, 5.41) is 15.7. The first-order chi connectivity index (χ1) is 9.81. The largest absolute Gasteiger partial charge is 0.481 e. The molecule has 1 rings (SSSR count). The number of nitrogens with zero attached hydrogens (tertiary/aromatic N) is 1. The van der Waals surface area contributed by atoms with E-state index in [0.717, 1.165) is 17.0 Å². The molecule has 1 atom stereocenters. The van der Waals surface area contributed by atoms with Gasteiger partial charge in [-0.1, -0.05) is 19.0 Å². The maximum Gasteiger partial charge on any atom is 0.308 e. The fourth-order valence-electron chi connectivity index (χ4n) is 2.26. The van der Waals surface area contributed by atoms with Crippen molar-refractivity contribution in [1.29, 1.82) is 0 Å². The number of hydrogen-bond donors (Lipinski definition) is 2. The first-order valence-electron chi connectivity index (χ1n) is 7.22. The van der Waals surface area contributed by atoms with Crippen molar-refractivity contribution in [2.24, 2.45) is 11.8 Å². The second kappa shape index (κ2) is 7.81. The van der Waals surface area contributed by atoms with Crippen LogP contribution >= 0.6 is 0 Å². The monoisotopic (exact) mass is 296 g/mol. The first-order valence-corrected chi connectivity index (χ1v) is 7.22. The fraction of sp³-hybridized carbons (Fsp3) is 0.667. The molecule has 1 amide bonds. The molecule has 21 heavy (non-hydrogen) atoms. The molecule has 1 aromatic rings. The molecule has 0 fully saturated rings. The molecule has 0 aliphatic heterocycles. The van der Waals surface area contributed by atoms with Crippen LogP contribution in [0.1, 0.15) is 43.7 Å². The highest BCUT2D eigenvalue weighted by molar-refractivity contribution is 5.77. The second-order valence-electron chi connectivity index (χ2n) is 5.77. The summed E-state index contributed by atoms with van der Waals surface area (Å²) in [5.74, 6) is -0.540. The molecule has 0 aliphatic carbocycles. The quantitative estimate of drug-likeness (QED) is 0.766. The number of aliphatic carboxylic acids is 1. The van der Waals surface area contributed by atoms with Gasteiger partial charge in [-0.15, -0.1) is 0 Å². The molecule has 1 heterocycles. The van der Waals surface area contributed by atoms with E-state index in [9.17, 15) is 9.59 Å². The van der Waals surface area contributed by atoms with E-state index in [1.54, 1.807) is 0 Å². The van der Waals surface area contributed by atoms with Crippen molar-refractivity contribution in [2.45, 2.75) is 47.0 Å². The zero-order valence-electron chi connectivity index (χ0n) is 13.1. The van der Waals surface area contributed by atoms with E-state index in [1.807, 2.05) is 27.7 Å². The highest BCUT2D eigenvalue weighted by Gasteiger charge is 2.20. The molecular weight excluding hydrogens is 272 g/mol. The molecule has 1 unspecified atom stereocenters. The van der Waals surface area contributed by atoms with Crippen molar-refractivity contribution in [3.63, 3.8) is 0 Å². The molecule has 0 bridgehead atoms. The molecular formula is C15H24N2O4. The Kier molecular flexibility index (Phi) is 6.39. The van der Waals surface area contributed by atoms with Crippen molar-refractivity contribution in [2.75, 3.05) is 6.54 Å². The van der Waals surface area contributed by atoms with Crippen LogP contribution in [0.15, 0.2) is 4.52 Å². The summed E-state index contributed by atoms with van der Waals surface area (Å²) >= 11 is 0. The van der Waals surface area contributed by atoms with Gasteiger partial charge in [0.2, 0.25) is 5.91 Å². The van der Waals surface area contributed by atoms with Crippen LogP contribution in [0.2, 0.25) is 0 Å². The van der Waals surface area contributed by atoms with E-state index < -0.39 is 11.9 Å². The van der Waals surface area contributed by atoms with Crippen LogP contribution in [0.25, 0.3) is 0 Å². The van der Waals surface area contributed by atoms with Crippen LogP contribution in [-0.2, 0) is 16.0 Å². The SMILES string of the molecule is Cc1noc(C)c1CCC(=O)NCC(CC(C)C)C(=O)O. The number of aromatic nitrogens is 1. The minimum absolute atomic E-state index is 0.148. The van der Waals surface area contributed by atoms with E-state index >= 15 is 0 Å². The summed E-state index contributed by atoms with van der Waals surface area (Å²) in [6, 6.07) is 0. The molecule has 0 saturated heterocycles. The van der Waals surface area contributed by atoms with Gasteiger partial charge in [-0.05, 0) is 32.6 Å². The number of aryl methyl sites for hydroxylation is 2. The van der Waals surface area contributed by atoms with Gasteiger partial charge in [-0.3, -0.25) is 9.59 Å². The number of hydrogen-bond acceptors (Lipinski definition) is 4. The average molecular weight is 296 g/mol. The van der Waals surface area contributed by atoms with Crippen molar-refractivity contribution in [3.05, 3.63) is 17.0 Å². The zero-order valence-corrected chi connectivity index (χ0v) is 13.1. The topological polar surface area (TPSA) is 92.4 Å². The number of carboxylic acid groups (broad SMARTS) is 1. The second-order valence-corrected chi connectivity index (χ2v) is 5.77. The summed E-state index contributed by atoms with van der Waals surface area (Å²) < 4.78 is 5.04. The lowest BCUT2D eigenvalue weighted by molar-refractivity contribution is -0.142. The van der Waals surface area contributed by atoms with E-state index in [4.69, 9.17) is 9.63 Å². The average Bonchev–Trinajstić information content (AvgIpc) is 2.71. The van der Waals surface area contributed by atoms with Crippen LogP contribution in [0.3, 0.4) is 0 Å². The maximum atomic E-state index is 11.8. The Morgan fingerprint density at radius 2 is 2.00 bits per heavy atom. The molecule has 0 aliphatic rings. The smallest absolute Gasteiger partial charge is 0.308 e. The lowest BCUT2D eigenvalue weighted by atomic mass is 9.97. The predicted octanol–water partition coefficient (Wildman–Crippen LogP) is 2.09. The Balaban J connectivity index is 2.41. The molecule has 2 N–H and O–H groups in total. The number of nitrogens with one attached hydrogen (secondary N) is 1. The first kappa shape index (κ1) is 17.2. The molecule has 118 valence electrons. The highest BCUT2D eigenvalue weighted by Crippen LogP contribution is 2.14. The summed E-state index contributed by atoms with van der Waals surface area (Å²) in [6.45, 7) is 7.77. The van der Waals surface area contributed by atoms with Gasteiger partial charge in [0.15, 0.2) is 0 Å². The number of carboxylic acids is 1. The standard InChI is InChI=1S/C15H24N2O4/c1-9(2)7-12(15(19)20)8-16-14(18)6-5-13-10(3)17-21-11(13)4/h9,12H,5-8H2,1-4H3,(H,16,18)(H,19,20). The number of carbonyl (C=O) groups is 2. The fourth-order valence-corrected chi connectivity index (χ4v) is 2.26. The van der Waals surface area contributed by atoms with Crippen LogP contribution in [0, 0.1) is 25.7 Å².